The molecule has 0 aromatic carbocycles. The second-order valence-corrected chi connectivity index (χ2v) is 8.46. The topological polar surface area (TPSA) is 83.5 Å². The summed E-state index contributed by atoms with van der Waals surface area (Å²) in [7, 11) is -3.57. The van der Waals surface area contributed by atoms with E-state index in [1.807, 2.05) is 0 Å². The van der Waals surface area contributed by atoms with E-state index in [2.05, 4.69) is 4.72 Å². The van der Waals surface area contributed by atoms with Gasteiger partial charge in [-0.25, -0.2) is 17.9 Å². The highest BCUT2D eigenvalue weighted by atomic mass is 32.2. The molecule has 7 heteroatoms. The number of sulfonamides is 1. The highest BCUT2D eigenvalue weighted by Crippen LogP contribution is 2.60. The van der Waals surface area contributed by atoms with Crippen LogP contribution in [-0.2, 0) is 10.0 Å². The fourth-order valence-corrected chi connectivity index (χ4v) is 4.80. The maximum Gasteiger partial charge on any atom is 0.345 e. The van der Waals surface area contributed by atoms with E-state index in [0.29, 0.717) is 12.5 Å². The van der Waals surface area contributed by atoms with Crippen molar-refractivity contribution in [3.05, 3.63) is 17.0 Å². The molecule has 0 amide bonds. The van der Waals surface area contributed by atoms with Crippen molar-refractivity contribution < 1.29 is 18.3 Å². The van der Waals surface area contributed by atoms with E-state index < -0.39 is 16.0 Å². The van der Waals surface area contributed by atoms with Crippen molar-refractivity contribution in [2.24, 2.45) is 11.3 Å². The standard InChI is InChI=1S/C12H15NO4S2/c14-11(15)9-3-4-10(18-9)19(16,17)13-7-12(5-6-12)8-1-2-8/h3-4,8,13H,1-2,5-7H2,(H,14,15). The van der Waals surface area contributed by atoms with Crippen LogP contribution in [0.1, 0.15) is 35.4 Å². The molecule has 5 nitrogen and oxygen atoms in total. The summed E-state index contributed by atoms with van der Waals surface area (Å²) in [5.74, 6) is -0.406. The lowest BCUT2D eigenvalue weighted by Gasteiger charge is -2.14. The van der Waals surface area contributed by atoms with Gasteiger partial charge in [0.05, 0.1) is 0 Å². The van der Waals surface area contributed by atoms with Crippen molar-refractivity contribution in [2.45, 2.75) is 29.9 Å². The molecule has 2 fully saturated rings. The smallest absolute Gasteiger partial charge is 0.345 e. The Labute approximate surface area is 115 Å². The van der Waals surface area contributed by atoms with Gasteiger partial charge in [-0.05, 0) is 49.1 Å². The molecule has 2 aliphatic rings. The molecule has 2 saturated carbocycles. The van der Waals surface area contributed by atoms with Crippen molar-refractivity contribution in [3.8, 4) is 0 Å². The minimum Gasteiger partial charge on any atom is -0.477 e. The van der Waals surface area contributed by atoms with Gasteiger partial charge in [-0.1, -0.05) is 0 Å². The molecule has 2 N–H and O–H groups in total. The van der Waals surface area contributed by atoms with Crippen LogP contribution in [0.15, 0.2) is 16.3 Å². The summed E-state index contributed by atoms with van der Waals surface area (Å²) in [6.45, 7) is 0.486. The van der Waals surface area contributed by atoms with Crippen LogP contribution in [0.2, 0.25) is 0 Å². The number of carboxylic acids is 1. The van der Waals surface area contributed by atoms with Crippen molar-refractivity contribution in [1.82, 2.24) is 4.72 Å². The maximum atomic E-state index is 12.1. The monoisotopic (exact) mass is 301 g/mol. The minimum atomic E-state index is -3.57. The second kappa shape index (κ2) is 4.29. The first kappa shape index (κ1) is 13.1. The van der Waals surface area contributed by atoms with E-state index in [0.717, 1.165) is 24.2 Å². The molecule has 0 bridgehead atoms. The van der Waals surface area contributed by atoms with Crippen LogP contribution in [0.4, 0.5) is 0 Å². The van der Waals surface area contributed by atoms with Gasteiger partial charge >= 0.3 is 5.97 Å². The fourth-order valence-electron chi connectivity index (χ4n) is 2.48. The zero-order valence-corrected chi connectivity index (χ0v) is 11.9. The molecule has 0 saturated heterocycles. The third kappa shape index (κ3) is 2.54. The number of thiophene rings is 1. The summed E-state index contributed by atoms with van der Waals surface area (Å²) < 4.78 is 26.9. The molecule has 0 atom stereocenters. The van der Waals surface area contributed by atoms with E-state index in [1.165, 1.54) is 25.0 Å². The number of aromatic carboxylic acids is 1. The number of carboxylic acid groups (broad SMARTS) is 1. The molecule has 1 heterocycles. The lowest BCUT2D eigenvalue weighted by atomic mass is 10.0. The Hall–Kier alpha value is -0.920. The van der Waals surface area contributed by atoms with Gasteiger partial charge in [0.25, 0.3) is 0 Å². The maximum absolute atomic E-state index is 12.1. The van der Waals surface area contributed by atoms with Crippen LogP contribution in [0.5, 0.6) is 0 Å². The summed E-state index contributed by atoms with van der Waals surface area (Å²) in [5, 5.41) is 8.81. The molecule has 3 rings (SSSR count). The van der Waals surface area contributed by atoms with Gasteiger partial charge in [0, 0.05) is 6.54 Å². The van der Waals surface area contributed by atoms with Crippen LogP contribution >= 0.6 is 11.3 Å². The van der Waals surface area contributed by atoms with Crippen LogP contribution < -0.4 is 4.72 Å². The van der Waals surface area contributed by atoms with E-state index in [1.54, 1.807) is 0 Å². The quantitative estimate of drug-likeness (QED) is 0.841. The van der Waals surface area contributed by atoms with E-state index in [4.69, 9.17) is 5.11 Å². The highest BCUT2D eigenvalue weighted by molar-refractivity contribution is 7.91. The molecule has 1 aromatic heterocycles. The van der Waals surface area contributed by atoms with E-state index in [-0.39, 0.29) is 14.5 Å². The molecule has 2 aliphatic carbocycles. The van der Waals surface area contributed by atoms with Crippen LogP contribution in [0, 0.1) is 11.3 Å². The van der Waals surface area contributed by atoms with Gasteiger partial charge < -0.3 is 5.11 Å². The Bertz CT molecular complexity index is 611. The molecule has 19 heavy (non-hydrogen) atoms. The fraction of sp³-hybridized carbons (Fsp3) is 0.583. The second-order valence-electron chi connectivity index (χ2n) is 5.39. The van der Waals surface area contributed by atoms with E-state index in [9.17, 15) is 13.2 Å². The average Bonchev–Trinajstić information content (AvgIpc) is 3.24. The molecule has 0 spiro atoms. The Kier molecular flexibility index (Phi) is 2.95. The summed E-state index contributed by atoms with van der Waals surface area (Å²) in [6.07, 6.45) is 4.63. The predicted octanol–water partition coefficient (Wildman–Crippen LogP) is 1.91. The average molecular weight is 301 g/mol. The number of hydrogen-bond donors (Lipinski definition) is 2. The Morgan fingerprint density at radius 1 is 1.42 bits per heavy atom. The predicted molar refractivity (Wildman–Crippen MR) is 70.9 cm³/mol. The Morgan fingerprint density at radius 3 is 2.58 bits per heavy atom. The van der Waals surface area contributed by atoms with Gasteiger partial charge in [0.2, 0.25) is 10.0 Å². The summed E-state index contributed by atoms with van der Waals surface area (Å²) in [5.41, 5.74) is 0.194. The highest BCUT2D eigenvalue weighted by Gasteiger charge is 2.53. The van der Waals surface area contributed by atoms with Gasteiger partial charge in [0.1, 0.15) is 9.09 Å². The van der Waals surface area contributed by atoms with Crippen molar-refractivity contribution in [3.63, 3.8) is 0 Å². The van der Waals surface area contributed by atoms with Crippen LogP contribution in [-0.4, -0.2) is 26.0 Å². The van der Waals surface area contributed by atoms with Gasteiger partial charge in [0.15, 0.2) is 0 Å². The lowest BCUT2D eigenvalue weighted by Crippen LogP contribution is -2.30. The minimum absolute atomic E-state index is 0.0451. The number of rotatable bonds is 6. The molecule has 0 aliphatic heterocycles. The SMILES string of the molecule is O=C(O)c1ccc(S(=O)(=O)NCC2(C3CC3)CC2)s1. The summed E-state index contributed by atoms with van der Waals surface area (Å²) >= 11 is 0.793. The molecule has 1 aromatic rings. The lowest BCUT2D eigenvalue weighted by molar-refractivity contribution is 0.0702. The number of carbonyl (C=O) groups is 1. The Morgan fingerprint density at radius 2 is 2.11 bits per heavy atom. The van der Waals surface area contributed by atoms with Gasteiger partial charge in [-0.15, -0.1) is 11.3 Å². The van der Waals surface area contributed by atoms with Crippen molar-refractivity contribution >= 4 is 27.3 Å². The van der Waals surface area contributed by atoms with Gasteiger partial charge in [-0.3, -0.25) is 0 Å². The first-order valence-corrected chi connectivity index (χ1v) is 8.56. The first-order chi connectivity index (χ1) is 8.93. The van der Waals surface area contributed by atoms with E-state index >= 15 is 0 Å². The van der Waals surface area contributed by atoms with Crippen LogP contribution in [0.25, 0.3) is 0 Å². The molecular weight excluding hydrogens is 286 g/mol. The molecule has 104 valence electrons. The van der Waals surface area contributed by atoms with Crippen molar-refractivity contribution in [2.75, 3.05) is 6.54 Å². The first-order valence-electron chi connectivity index (χ1n) is 6.26. The third-order valence-electron chi connectivity index (χ3n) is 4.01. The largest absolute Gasteiger partial charge is 0.477 e. The third-order valence-corrected chi connectivity index (χ3v) is 6.97. The summed E-state index contributed by atoms with van der Waals surface area (Å²) in [6, 6.07) is 2.68. The number of hydrogen-bond acceptors (Lipinski definition) is 4. The molecule has 0 radical (unpaired) electrons. The summed E-state index contributed by atoms with van der Waals surface area (Å²) in [4.78, 5) is 10.8. The zero-order valence-electron chi connectivity index (χ0n) is 10.3. The van der Waals surface area contributed by atoms with Gasteiger partial charge in [-0.2, -0.15) is 0 Å². The number of nitrogens with one attached hydrogen (secondary N) is 1. The van der Waals surface area contributed by atoms with Crippen LogP contribution in [0.3, 0.4) is 0 Å². The van der Waals surface area contributed by atoms with Crippen molar-refractivity contribution in [1.29, 1.82) is 0 Å². The molecular formula is C12H15NO4S2. The normalized spacial score (nSPS) is 21.3. The zero-order chi connectivity index (χ0) is 13.7. The molecule has 0 unspecified atom stereocenters. The Balaban J connectivity index is 1.69.